The maximum Gasteiger partial charge on any atom is 0.157 e. The standard InChI is InChI=1S/C8H18O2.H3N/c1-4-7-8(9-5-2)10-6-3;/h8H,4-7H2,1-3H3;1H3. The van der Waals surface area contributed by atoms with E-state index in [2.05, 4.69) is 6.92 Å². The van der Waals surface area contributed by atoms with E-state index in [1.54, 1.807) is 0 Å². The first-order valence-electron chi connectivity index (χ1n) is 4.08. The van der Waals surface area contributed by atoms with E-state index in [0.29, 0.717) is 0 Å². The molecule has 0 spiro atoms. The molecule has 0 aromatic rings. The third-order valence-corrected chi connectivity index (χ3v) is 1.23. The molecule has 0 aromatic carbocycles. The van der Waals surface area contributed by atoms with Crippen LogP contribution in [-0.2, 0) is 9.47 Å². The van der Waals surface area contributed by atoms with Gasteiger partial charge in [0, 0.05) is 13.2 Å². The molecule has 0 heterocycles. The lowest BCUT2D eigenvalue weighted by molar-refractivity contribution is -0.139. The van der Waals surface area contributed by atoms with Crippen molar-refractivity contribution >= 4 is 0 Å². The van der Waals surface area contributed by atoms with Crippen molar-refractivity contribution in [3.63, 3.8) is 0 Å². The highest BCUT2D eigenvalue weighted by Gasteiger charge is 2.04. The Hall–Kier alpha value is -0.120. The Morgan fingerprint density at radius 1 is 1.00 bits per heavy atom. The van der Waals surface area contributed by atoms with Gasteiger partial charge in [-0.15, -0.1) is 0 Å². The molecule has 0 aliphatic rings. The second-order valence-electron chi connectivity index (χ2n) is 2.13. The van der Waals surface area contributed by atoms with Crippen LogP contribution in [0.2, 0.25) is 0 Å². The van der Waals surface area contributed by atoms with E-state index in [1.807, 2.05) is 13.8 Å². The minimum Gasteiger partial charge on any atom is -0.353 e. The third-order valence-electron chi connectivity index (χ3n) is 1.23. The number of ether oxygens (including phenoxy) is 2. The fraction of sp³-hybridized carbons (Fsp3) is 1.00. The molecule has 11 heavy (non-hydrogen) atoms. The van der Waals surface area contributed by atoms with Gasteiger partial charge >= 0.3 is 0 Å². The van der Waals surface area contributed by atoms with E-state index in [0.717, 1.165) is 26.1 Å². The Morgan fingerprint density at radius 2 is 1.45 bits per heavy atom. The second kappa shape index (κ2) is 9.88. The van der Waals surface area contributed by atoms with Gasteiger partial charge in [-0.2, -0.15) is 0 Å². The van der Waals surface area contributed by atoms with Crippen LogP contribution in [0, 0.1) is 0 Å². The summed E-state index contributed by atoms with van der Waals surface area (Å²) < 4.78 is 10.6. The summed E-state index contributed by atoms with van der Waals surface area (Å²) in [5.74, 6) is 0. The lowest BCUT2D eigenvalue weighted by atomic mass is 10.3. The summed E-state index contributed by atoms with van der Waals surface area (Å²) in [5, 5.41) is 0. The van der Waals surface area contributed by atoms with E-state index in [4.69, 9.17) is 9.47 Å². The van der Waals surface area contributed by atoms with E-state index >= 15 is 0 Å². The van der Waals surface area contributed by atoms with Crippen LogP contribution in [0.25, 0.3) is 0 Å². The number of rotatable bonds is 6. The van der Waals surface area contributed by atoms with Crippen LogP contribution in [0.3, 0.4) is 0 Å². The molecule has 0 unspecified atom stereocenters. The quantitative estimate of drug-likeness (QED) is 0.611. The van der Waals surface area contributed by atoms with Gasteiger partial charge in [-0.25, -0.2) is 0 Å². The first kappa shape index (κ1) is 13.5. The third kappa shape index (κ3) is 7.78. The molecule has 0 amide bonds. The molecule has 3 N–H and O–H groups in total. The lowest BCUT2D eigenvalue weighted by Crippen LogP contribution is -2.16. The highest BCUT2D eigenvalue weighted by Crippen LogP contribution is 2.02. The van der Waals surface area contributed by atoms with Crippen molar-refractivity contribution in [2.24, 2.45) is 0 Å². The molecule has 0 saturated heterocycles. The average molecular weight is 163 g/mol. The molecule has 0 saturated carbocycles. The van der Waals surface area contributed by atoms with E-state index in [1.165, 1.54) is 0 Å². The molecular formula is C8H21NO2. The second-order valence-corrected chi connectivity index (χ2v) is 2.13. The highest BCUT2D eigenvalue weighted by molar-refractivity contribution is 4.41. The van der Waals surface area contributed by atoms with Gasteiger partial charge in [0.1, 0.15) is 0 Å². The number of hydrogen-bond acceptors (Lipinski definition) is 3. The number of hydrogen-bond donors (Lipinski definition) is 1. The fourth-order valence-corrected chi connectivity index (χ4v) is 0.822. The summed E-state index contributed by atoms with van der Waals surface area (Å²) in [6.45, 7) is 7.59. The van der Waals surface area contributed by atoms with Crippen molar-refractivity contribution in [3.05, 3.63) is 0 Å². The Labute approximate surface area is 69.7 Å². The van der Waals surface area contributed by atoms with Crippen LogP contribution >= 0.6 is 0 Å². The molecule has 3 heteroatoms. The largest absolute Gasteiger partial charge is 0.353 e. The zero-order chi connectivity index (χ0) is 7.82. The maximum atomic E-state index is 5.30. The zero-order valence-electron chi connectivity index (χ0n) is 7.93. The van der Waals surface area contributed by atoms with Crippen molar-refractivity contribution in [2.75, 3.05) is 13.2 Å². The van der Waals surface area contributed by atoms with Crippen molar-refractivity contribution in [3.8, 4) is 0 Å². The predicted molar refractivity (Wildman–Crippen MR) is 47.0 cm³/mol. The topological polar surface area (TPSA) is 53.5 Å². The van der Waals surface area contributed by atoms with Gasteiger partial charge in [-0.05, 0) is 20.3 Å². The van der Waals surface area contributed by atoms with Crippen molar-refractivity contribution < 1.29 is 9.47 Å². The van der Waals surface area contributed by atoms with Crippen LogP contribution in [0.1, 0.15) is 33.6 Å². The monoisotopic (exact) mass is 163 g/mol. The molecule has 0 radical (unpaired) electrons. The van der Waals surface area contributed by atoms with Gasteiger partial charge in [0.25, 0.3) is 0 Å². The molecule has 0 aliphatic carbocycles. The fourth-order valence-electron chi connectivity index (χ4n) is 0.822. The molecule has 0 atom stereocenters. The molecular weight excluding hydrogens is 142 g/mol. The summed E-state index contributed by atoms with van der Waals surface area (Å²) in [7, 11) is 0. The molecule has 0 aliphatic heterocycles. The van der Waals surface area contributed by atoms with E-state index in [-0.39, 0.29) is 12.4 Å². The zero-order valence-corrected chi connectivity index (χ0v) is 7.93. The van der Waals surface area contributed by atoms with Gasteiger partial charge in [0.15, 0.2) is 6.29 Å². The van der Waals surface area contributed by atoms with Gasteiger partial charge in [-0.1, -0.05) is 13.3 Å². The van der Waals surface area contributed by atoms with Gasteiger partial charge < -0.3 is 15.6 Å². The molecule has 70 valence electrons. The Morgan fingerprint density at radius 3 is 1.73 bits per heavy atom. The smallest absolute Gasteiger partial charge is 0.157 e. The Balaban J connectivity index is 0. The summed E-state index contributed by atoms with van der Waals surface area (Å²) in [6, 6.07) is 0. The SMILES string of the molecule is CCCC(OCC)OCC.N. The molecule has 0 fully saturated rings. The summed E-state index contributed by atoms with van der Waals surface area (Å²) in [6.07, 6.45) is 2.15. The van der Waals surface area contributed by atoms with Crippen LogP contribution in [0.5, 0.6) is 0 Å². The van der Waals surface area contributed by atoms with E-state index in [9.17, 15) is 0 Å². The van der Waals surface area contributed by atoms with Crippen LogP contribution < -0.4 is 6.15 Å². The summed E-state index contributed by atoms with van der Waals surface area (Å²) >= 11 is 0. The molecule has 0 rings (SSSR count). The average Bonchev–Trinajstić information content (AvgIpc) is 1.90. The first-order valence-corrected chi connectivity index (χ1v) is 4.08. The van der Waals surface area contributed by atoms with Crippen molar-refractivity contribution in [2.45, 2.75) is 39.9 Å². The predicted octanol–water partition coefficient (Wildman–Crippen LogP) is 2.35. The van der Waals surface area contributed by atoms with Gasteiger partial charge in [-0.3, -0.25) is 0 Å². The van der Waals surface area contributed by atoms with Crippen molar-refractivity contribution in [1.82, 2.24) is 6.15 Å². The Kier molecular flexibility index (Phi) is 12.1. The Bertz CT molecular complexity index is 54.8. The van der Waals surface area contributed by atoms with Crippen LogP contribution in [-0.4, -0.2) is 19.5 Å². The first-order chi connectivity index (χ1) is 4.85. The summed E-state index contributed by atoms with van der Waals surface area (Å²) in [4.78, 5) is 0. The molecule has 0 aromatic heterocycles. The van der Waals surface area contributed by atoms with Crippen LogP contribution in [0.4, 0.5) is 0 Å². The minimum absolute atomic E-state index is 0. The van der Waals surface area contributed by atoms with E-state index < -0.39 is 0 Å². The maximum absolute atomic E-state index is 5.30. The lowest BCUT2D eigenvalue weighted by Gasteiger charge is -2.15. The normalized spacial score (nSPS) is 9.82. The molecule has 0 bridgehead atoms. The van der Waals surface area contributed by atoms with Gasteiger partial charge in [0.05, 0.1) is 0 Å². The van der Waals surface area contributed by atoms with Crippen molar-refractivity contribution in [1.29, 1.82) is 0 Å². The highest BCUT2D eigenvalue weighted by atomic mass is 16.7. The minimum atomic E-state index is 0. The van der Waals surface area contributed by atoms with Gasteiger partial charge in [0.2, 0.25) is 0 Å². The molecule has 3 nitrogen and oxygen atoms in total. The van der Waals surface area contributed by atoms with Crippen LogP contribution in [0.15, 0.2) is 0 Å². The summed E-state index contributed by atoms with van der Waals surface area (Å²) in [5.41, 5.74) is 0.